The number of rotatable bonds is 11. The van der Waals surface area contributed by atoms with Crippen LogP contribution in [0.2, 0.25) is 0 Å². The third-order valence-electron chi connectivity index (χ3n) is 5.53. The van der Waals surface area contributed by atoms with Crippen LogP contribution in [0.4, 0.5) is 0 Å². The lowest BCUT2D eigenvalue weighted by atomic mass is 10.0. The van der Waals surface area contributed by atoms with Crippen molar-refractivity contribution in [3.05, 3.63) is 96.1 Å². The number of ether oxygens (including phenoxy) is 2. The minimum atomic E-state index is -4.00. The number of aryl methyl sites for hydroxylation is 1. The van der Waals surface area contributed by atoms with Crippen LogP contribution in [0.5, 0.6) is 5.75 Å². The zero-order valence-electron chi connectivity index (χ0n) is 20.4. The van der Waals surface area contributed by atoms with Gasteiger partial charge in [-0.25, -0.2) is 13.2 Å². The van der Waals surface area contributed by atoms with Crippen LogP contribution in [0.25, 0.3) is 0 Å². The van der Waals surface area contributed by atoms with Crippen molar-refractivity contribution >= 4 is 21.9 Å². The second kappa shape index (κ2) is 11.8. The zero-order chi connectivity index (χ0) is 26.2. The van der Waals surface area contributed by atoms with Crippen molar-refractivity contribution in [1.82, 2.24) is 10.0 Å². The molecule has 0 spiro atoms. The van der Waals surface area contributed by atoms with Crippen molar-refractivity contribution in [1.29, 1.82) is 0 Å². The summed E-state index contributed by atoms with van der Waals surface area (Å²) >= 11 is 0. The highest BCUT2D eigenvalue weighted by molar-refractivity contribution is 7.89. The first-order valence-corrected chi connectivity index (χ1v) is 12.8. The first kappa shape index (κ1) is 26.9. The van der Waals surface area contributed by atoms with Crippen molar-refractivity contribution in [2.75, 3.05) is 13.7 Å². The molecule has 9 heteroatoms. The predicted octanol–water partition coefficient (Wildman–Crippen LogP) is 3.01. The number of sulfonamides is 1. The topological polar surface area (TPSA) is 111 Å². The fraction of sp³-hybridized carbons (Fsp3) is 0.259. The Hall–Kier alpha value is -3.69. The summed E-state index contributed by atoms with van der Waals surface area (Å²) in [5.41, 5.74) is 0.132. The molecule has 8 nitrogen and oxygen atoms in total. The third-order valence-corrected chi connectivity index (χ3v) is 7.02. The van der Waals surface area contributed by atoms with E-state index in [4.69, 9.17) is 9.47 Å². The molecule has 0 fully saturated rings. The largest absolute Gasteiger partial charge is 0.474 e. The number of amides is 1. The van der Waals surface area contributed by atoms with E-state index in [-0.39, 0.29) is 17.9 Å². The fourth-order valence-electron chi connectivity index (χ4n) is 3.50. The molecule has 3 aromatic carbocycles. The van der Waals surface area contributed by atoms with Crippen molar-refractivity contribution in [2.24, 2.45) is 0 Å². The summed E-state index contributed by atoms with van der Waals surface area (Å²) in [6.07, 6.45) is 0.103. The van der Waals surface area contributed by atoms with Crippen LogP contribution in [-0.4, -0.2) is 45.6 Å². The number of nitrogens with one attached hydrogen (secondary N) is 2. The Balaban J connectivity index is 1.82. The fourth-order valence-corrected chi connectivity index (χ4v) is 4.70. The van der Waals surface area contributed by atoms with Gasteiger partial charge in [0.15, 0.2) is 0 Å². The maximum Gasteiger partial charge on any atom is 0.351 e. The van der Waals surface area contributed by atoms with Crippen LogP contribution < -0.4 is 14.8 Å². The molecule has 0 unspecified atom stereocenters. The van der Waals surface area contributed by atoms with E-state index in [0.717, 1.165) is 11.1 Å². The van der Waals surface area contributed by atoms with Crippen LogP contribution in [0.1, 0.15) is 18.1 Å². The molecule has 3 aromatic rings. The smallest absolute Gasteiger partial charge is 0.351 e. The number of esters is 1. The third kappa shape index (κ3) is 7.16. The molecule has 2 N–H and O–H groups in total. The van der Waals surface area contributed by atoms with Gasteiger partial charge in [0.25, 0.3) is 0 Å². The van der Waals surface area contributed by atoms with Gasteiger partial charge in [0, 0.05) is 0 Å². The van der Waals surface area contributed by atoms with Crippen LogP contribution in [0.15, 0.2) is 89.8 Å². The van der Waals surface area contributed by atoms with E-state index < -0.39 is 33.5 Å². The van der Waals surface area contributed by atoms with Crippen LogP contribution >= 0.6 is 0 Å². The van der Waals surface area contributed by atoms with E-state index >= 15 is 0 Å². The average molecular weight is 511 g/mol. The SMILES string of the molecule is COC(=O)[C@](C)(CNC(=O)[C@H](Cc1ccccc1)NS(=O)(=O)c1ccc(C)cc1)Oc1ccccc1. The summed E-state index contributed by atoms with van der Waals surface area (Å²) in [5, 5.41) is 2.67. The standard InChI is InChI=1S/C27H30N2O6S/c1-20-14-16-23(17-15-20)36(32,33)29-24(18-21-10-6-4-7-11-21)25(30)28-19-27(2,26(31)34-3)35-22-12-8-5-9-13-22/h4-17,24,29H,18-19H2,1-3H3,(H,28,30)/t24-,27-/m0/s1. The van der Waals surface area contributed by atoms with Gasteiger partial charge in [0.1, 0.15) is 11.8 Å². The number of carbonyl (C=O) groups excluding carboxylic acids is 2. The Morgan fingerprint density at radius 3 is 2.08 bits per heavy atom. The summed E-state index contributed by atoms with van der Waals surface area (Å²) in [4.78, 5) is 25.9. The van der Waals surface area contributed by atoms with Crippen molar-refractivity contribution in [2.45, 2.75) is 36.8 Å². The molecule has 190 valence electrons. The highest BCUT2D eigenvalue weighted by Crippen LogP contribution is 2.19. The monoisotopic (exact) mass is 510 g/mol. The van der Waals surface area contributed by atoms with Gasteiger partial charge in [-0.1, -0.05) is 66.2 Å². The van der Waals surface area contributed by atoms with E-state index in [2.05, 4.69) is 10.0 Å². The summed E-state index contributed by atoms with van der Waals surface area (Å²) < 4.78 is 39.4. The summed E-state index contributed by atoms with van der Waals surface area (Å²) in [6.45, 7) is 3.10. The zero-order valence-corrected chi connectivity index (χ0v) is 21.2. The van der Waals surface area contributed by atoms with E-state index in [9.17, 15) is 18.0 Å². The molecule has 0 saturated heterocycles. The molecular formula is C27H30N2O6S. The maximum absolute atomic E-state index is 13.3. The van der Waals surface area contributed by atoms with Crippen molar-refractivity contribution < 1.29 is 27.5 Å². The lowest BCUT2D eigenvalue weighted by Crippen LogP contribution is -2.55. The molecule has 0 saturated carbocycles. The molecule has 1 amide bonds. The molecule has 2 atom stereocenters. The van der Waals surface area contributed by atoms with Gasteiger partial charge in [-0.2, -0.15) is 4.72 Å². The van der Waals surface area contributed by atoms with Gasteiger partial charge in [-0.3, -0.25) is 4.79 Å². The van der Waals surface area contributed by atoms with Crippen LogP contribution in [0.3, 0.4) is 0 Å². The Morgan fingerprint density at radius 2 is 1.50 bits per heavy atom. The molecule has 0 aromatic heterocycles. The van der Waals surface area contributed by atoms with E-state index in [1.807, 2.05) is 13.0 Å². The molecule has 0 heterocycles. The van der Waals surface area contributed by atoms with E-state index in [1.165, 1.54) is 26.2 Å². The quantitative estimate of drug-likeness (QED) is 0.384. The molecule has 0 aliphatic carbocycles. The maximum atomic E-state index is 13.3. The molecule has 0 aliphatic rings. The van der Waals surface area contributed by atoms with E-state index in [1.54, 1.807) is 66.7 Å². The summed E-state index contributed by atoms with van der Waals surface area (Å²) in [7, 11) is -2.77. The second-order valence-corrected chi connectivity index (χ2v) is 10.2. The van der Waals surface area contributed by atoms with Gasteiger partial charge in [0.05, 0.1) is 18.6 Å². The minimum absolute atomic E-state index is 0.0470. The van der Waals surface area contributed by atoms with E-state index in [0.29, 0.717) is 5.75 Å². The molecule has 3 rings (SSSR count). The van der Waals surface area contributed by atoms with Crippen molar-refractivity contribution in [3.63, 3.8) is 0 Å². The Kier molecular flexibility index (Phi) is 8.84. The molecular weight excluding hydrogens is 480 g/mol. The molecule has 0 radical (unpaired) electrons. The second-order valence-electron chi connectivity index (χ2n) is 8.53. The van der Waals surface area contributed by atoms with Gasteiger partial charge < -0.3 is 14.8 Å². The summed E-state index contributed by atoms with van der Waals surface area (Å²) in [5.74, 6) is -0.881. The summed E-state index contributed by atoms with van der Waals surface area (Å²) in [6, 6.07) is 22.9. The lowest BCUT2D eigenvalue weighted by Gasteiger charge is -2.29. The van der Waals surface area contributed by atoms with Crippen LogP contribution in [-0.2, 0) is 30.8 Å². The minimum Gasteiger partial charge on any atom is -0.474 e. The van der Waals surface area contributed by atoms with Gasteiger partial charge in [-0.05, 0) is 50.1 Å². The number of methoxy groups -OCH3 is 1. The van der Waals surface area contributed by atoms with Crippen molar-refractivity contribution in [3.8, 4) is 5.75 Å². The Morgan fingerprint density at radius 1 is 0.917 bits per heavy atom. The number of benzene rings is 3. The van der Waals surface area contributed by atoms with Gasteiger partial charge in [0.2, 0.25) is 21.5 Å². The van der Waals surface area contributed by atoms with Crippen LogP contribution in [0, 0.1) is 6.92 Å². The normalized spacial score (nSPS) is 13.8. The average Bonchev–Trinajstić information content (AvgIpc) is 2.87. The number of para-hydroxylation sites is 1. The lowest BCUT2D eigenvalue weighted by molar-refractivity contribution is -0.157. The highest BCUT2D eigenvalue weighted by Gasteiger charge is 2.38. The molecule has 36 heavy (non-hydrogen) atoms. The number of carbonyl (C=O) groups is 2. The number of hydrogen-bond acceptors (Lipinski definition) is 6. The van der Waals surface area contributed by atoms with Gasteiger partial charge in [-0.15, -0.1) is 0 Å². The molecule has 0 aliphatic heterocycles. The highest BCUT2D eigenvalue weighted by atomic mass is 32.2. The first-order chi connectivity index (χ1) is 17.1. The Labute approximate surface area is 211 Å². The van der Waals surface area contributed by atoms with Gasteiger partial charge >= 0.3 is 5.97 Å². The first-order valence-electron chi connectivity index (χ1n) is 11.4. The molecule has 0 bridgehead atoms. The number of hydrogen-bond donors (Lipinski definition) is 2. The Bertz CT molecular complexity index is 1260. The predicted molar refractivity (Wildman–Crippen MR) is 136 cm³/mol.